The Morgan fingerprint density at radius 1 is 1.00 bits per heavy atom. The quantitative estimate of drug-likeness (QED) is 0.491. The number of fused-ring (bicyclic) bond motifs is 4. The highest BCUT2D eigenvalue weighted by molar-refractivity contribution is 5.91. The fourth-order valence-electron chi connectivity index (χ4n) is 3.40. The monoisotopic (exact) mass is 359 g/mol. The molecule has 0 saturated heterocycles. The average molecular weight is 360 g/mol. The summed E-state index contributed by atoms with van der Waals surface area (Å²) in [6, 6.07) is 9.23. The van der Waals surface area contributed by atoms with Crippen LogP contribution in [0.1, 0.15) is 5.56 Å². The second-order valence-electron chi connectivity index (χ2n) is 5.90. The van der Waals surface area contributed by atoms with Crippen molar-refractivity contribution >= 4 is 10.8 Å². The molecule has 4 rings (SSSR count). The zero-order valence-corrected chi connectivity index (χ0v) is 14.7. The van der Waals surface area contributed by atoms with Gasteiger partial charge in [-0.05, 0) is 35.2 Å². The molecule has 0 atom stereocenters. The third-order valence-corrected chi connectivity index (χ3v) is 4.60. The minimum atomic E-state index is -0.102. The first-order valence-electron chi connectivity index (χ1n) is 7.75. The van der Waals surface area contributed by atoms with E-state index in [1.807, 2.05) is 12.1 Å². The molecule has 0 spiro atoms. The van der Waals surface area contributed by atoms with E-state index >= 15 is 0 Å². The minimum absolute atomic E-state index is 0. The molecule has 2 heterocycles. The summed E-state index contributed by atoms with van der Waals surface area (Å²) in [5.74, 6) is 1.23. The van der Waals surface area contributed by atoms with Crippen LogP contribution in [-0.4, -0.2) is 24.4 Å². The smallest absolute Gasteiger partial charge is 0.213 e. The van der Waals surface area contributed by atoms with Crippen molar-refractivity contribution in [2.45, 2.75) is 13.0 Å². The van der Waals surface area contributed by atoms with Crippen molar-refractivity contribution < 1.29 is 36.7 Å². The van der Waals surface area contributed by atoms with Gasteiger partial charge in [-0.1, -0.05) is 0 Å². The largest absolute Gasteiger partial charge is 1.00 e. The number of aromatic nitrogens is 1. The van der Waals surface area contributed by atoms with Gasteiger partial charge in [0, 0.05) is 12.5 Å². The van der Waals surface area contributed by atoms with Crippen molar-refractivity contribution in [1.29, 1.82) is 0 Å². The van der Waals surface area contributed by atoms with Gasteiger partial charge < -0.3 is 32.1 Å². The van der Waals surface area contributed by atoms with Gasteiger partial charge in [-0.15, -0.1) is 0 Å². The molecule has 2 N–H and O–H groups in total. The van der Waals surface area contributed by atoms with Gasteiger partial charge in [0.2, 0.25) is 5.69 Å². The van der Waals surface area contributed by atoms with Crippen molar-refractivity contribution in [3.63, 3.8) is 0 Å². The fourth-order valence-corrected chi connectivity index (χ4v) is 3.40. The number of phenols is 2. The summed E-state index contributed by atoms with van der Waals surface area (Å²) < 4.78 is 13.1. The number of aromatic hydroxyl groups is 2. The lowest BCUT2D eigenvalue weighted by molar-refractivity contribution is -0.686. The summed E-state index contributed by atoms with van der Waals surface area (Å²) in [4.78, 5) is 0. The lowest BCUT2D eigenvalue weighted by Crippen LogP contribution is -3.00. The number of aryl methyl sites for hydroxylation is 2. The summed E-state index contributed by atoms with van der Waals surface area (Å²) in [5.41, 5.74) is 2.98. The standard InChI is InChI=1S/C19H17NO4.ClH/c1-23-18-4-3-11-7-15-13-9-17(22)16(21)8-12(13)5-6-20(15)10-14(11)19(18)24-2;/h3-4,7-10,22H,5-6H2,1-2H3;1H. The molecule has 3 aromatic rings. The molecule has 0 bridgehead atoms. The zero-order chi connectivity index (χ0) is 16.8. The van der Waals surface area contributed by atoms with Gasteiger partial charge in [-0.25, -0.2) is 0 Å². The second-order valence-corrected chi connectivity index (χ2v) is 5.90. The molecule has 1 aliphatic rings. The molecule has 0 unspecified atom stereocenters. The van der Waals surface area contributed by atoms with Crippen LogP contribution in [0.3, 0.4) is 0 Å². The van der Waals surface area contributed by atoms with Crippen LogP contribution in [0.5, 0.6) is 23.0 Å². The molecule has 0 radical (unpaired) electrons. The van der Waals surface area contributed by atoms with Crippen LogP contribution in [-0.2, 0) is 13.0 Å². The summed E-state index contributed by atoms with van der Waals surface area (Å²) in [5, 5.41) is 21.6. The van der Waals surface area contributed by atoms with Gasteiger partial charge in [0.25, 0.3) is 0 Å². The number of hydrogen-bond donors (Lipinski definition) is 2. The van der Waals surface area contributed by atoms with Crippen LogP contribution in [0.4, 0.5) is 0 Å². The Hall–Kier alpha value is -2.66. The maximum absolute atomic E-state index is 9.87. The molecule has 0 amide bonds. The predicted molar refractivity (Wildman–Crippen MR) is 89.7 cm³/mol. The van der Waals surface area contributed by atoms with E-state index in [1.165, 1.54) is 0 Å². The number of nitrogens with zero attached hydrogens (tertiary/aromatic N) is 1. The van der Waals surface area contributed by atoms with Gasteiger partial charge in [0.15, 0.2) is 35.7 Å². The van der Waals surface area contributed by atoms with Crippen LogP contribution in [0.25, 0.3) is 22.0 Å². The first-order chi connectivity index (χ1) is 11.6. The summed E-state index contributed by atoms with van der Waals surface area (Å²) in [6.07, 6.45) is 2.84. The molecule has 0 aliphatic carbocycles. The van der Waals surface area contributed by atoms with Gasteiger partial charge in [0.05, 0.1) is 25.2 Å². The Labute approximate surface area is 151 Å². The summed E-state index contributed by atoms with van der Waals surface area (Å²) in [7, 11) is 3.26. The van der Waals surface area contributed by atoms with Gasteiger partial charge in [0.1, 0.15) is 0 Å². The van der Waals surface area contributed by atoms with Crippen molar-refractivity contribution in [3.8, 4) is 34.3 Å². The van der Waals surface area contributed by atoms with Crippen molar-refractivity contribution in [1.82, 2.24) is 0 Å². The number of benzene rings is 2. The van der Waals surface area contributed by atoms with Crippen molar-refractivity contribution in [3.05, 3.63) is 42.1 Å². The molecule has 0 fully saturated rings. The van der Waals surface area contributed by atoms with Crippen LogP contribution in [0.2, 0.25) is 0 Å². The number of ether oxygens (including phenoxy) is 2. The molecule has 2 aromatic carbocycles. The Bertz CT molecular complexity index is 972. The van der Waals surface area contributed by atoms with E-state index in [4.69, 9.17) is 9.47 Å². The molecule has 1 aromatic heterocycles. The number of halogens is 1. The van der Waals surface area contributed by atoms with Crippen LogP contribution < -0.4 is 26.4 Å². The van der Waals surface area contributed by atoms with E-state index in [0.717, 1.165) is 40.6 Å². The van der Waals surface area contributed by atoms with Gasteiger partial charge in [-0.2, -0.15) is 4.57 Å². The second kappa shape index (κ2) is 6.33. The van der Waals surface area contributed by atoms with E-state index in [0.29, 0.717) is 11.5 Å². The highest BCUT2D eigenvalue weighted by Crippen LogP contribution is 2.39. The molecule has 0 saturated carbocycles. The molecular weight excluding hydrogens is 342 g/mol. The van der Waals surface area contributed by atoms with Gasteiger partial charge in [-0.3, -0.25) is 0 Å². The number of rotatable bonds is 2. The van der Waals surface area contributed by atoms with E-state index in [1.54, 1.807) is 26.4 Å². The highest BCUT2D eigenvalue weighted by atomic mass is 35.5. The fraction of sp³-hybridized carbons (Fsp3) is 0.211. The molecule has 130 valence electrons. The van der Waals surface area contributed by atoms with E-state index < -0.39 is 0 Å². The maximum atomic E-state index is 9.87. The molecule has 6 heteroatoms. The Morgan fingerprint density at radius 2 is 1.76 bits per heavy atom. The third-order valence-electron chi connectivity index (χ3n) is 4.60. The van der Waals surface area contributed by atoms with Crippen molar-refractivity contribution in [2.24, 2.45) is 0 Å². The highest BCUT2D eigenvalue weighted by Gasteiger charge is 2.26. The normalized spacial score (nSPS) is 12.1. The number of hydrogen-bond acceptors (Lipinski definition) is 4. The number of phenolic OH excluding ortho intramolecular Hbond substituents is 2. The van der Waals surface area contributed by atoms with Crippen LogP contribution in [0.15, 0.2) is 36.5 Å². The van der Waals surface area contributed by atoms with Gasteiger partial charge >= 0.3 is 0 Å². The first kappa shape index (κ1) is 17.2. The zero-order valence-electron chi connectivity index (χ0n) is 13.9. The summed E-state index contributed by atoms with van der Waals surface area (Å²) in [6.45, 7) is 0.794. The van der Waals surface area contributed by atoms with E-state index in [2.05, 4.69) is 16.8 Å². The van der Waals surface area contributed by atoms with Crippen LogP contribution in [0, 0.1) is 0 Å². The van der Waals surface area contributed by atoms with Crippen LogP contribution >= 0.6 is 0 Å². The third kappa shape index (κ3) is 2.61. The molecule has 5 nitrogen and oxygen atoms in total. The lowest BCUT2D eigenvalue weighted by Gasteiger charge is -2.17. The molecule has 1 aliphatic heterocycles. The average Bonchev–Trinajstić information content (AvgIpc) is 2.60. The lowest BCUT2D eigenvalue weighted by atomic mass is 9.95. The minimum Gasteiger partial charge on any atom is -1.00 e. The maximum Gasteiger partial charge on any atom is 0.213 e. The Morgan fingerprint density at radius 3 is 2.48 bits per heavy atom. The van der Waals surface area contributed by atoms with Crippen molar-refractivity contribution in [2.75, 3.05) is 14.2 Å². The SMILES string of the molecule is COc1ccc2cc3[n+](cc2c1OC)CCc1cc(O)c(O)cc1-3.[Cl-]. The Balaban J connectivity index is 0.00000182. The van der Waals surface area contributed by atoms with E-state index in [9.17, 15) is 10.2 Å². The molecule has 25 heavy (non-hydrogen) atoms. The predicted octanol–water partition coefficient (Wildman–Crippen LogP) is -0.217. The topological polar surface area (TPSA) is 62.8 Å². The first-order valence-corrected chi connectivity index (χ1v) is 7.75. The number of pyridine rings is 1. The summed E-state index contributed by atoms with van der Waals surface area (Å²) >= 11 is 0. The number of methoxy groups -OCH3 is 2. The molecular formula is C19H18ClNO4. The Kier molecular flexibility index (Phi) is 4.35. The van der Waals surface area contributed by atoms with E-state index in [-0.39, 0.29) is 23.9 Å².